The number of nitrogens with zero attached hydrogens (tertiary/aromatic N) is 1. The summed E-state index contributed by atoms with van der Waals surface area (Å²) in [4.78, 5) is 39.7. The summed E-state index contributed by atoms with van der Waals surface area (Å²) in [6, 6.07) is 24.3. The van der Waals surface area contributed by atoms with Crippen molar-refractivity contribution in [3.8, 4) is 16.9 Å². The van der Waals surface area contributed by atoms with Gasteiger partial charge in [-0.3, -0.25) is 19.8 Å². The lowest BCUT2D eigenvalue weighted by Crippen LogP contribution is -2.44. The van der Waals surface area contributed by atoms with Gasteiger partial charge in [0.2, 0.25) is 11.8 Å². The van der Waals surface area contributed by atoms with Crippen LogP contribution in [0.1, 0.15) is 24.0 Å². The van der Waals surface area contributed by atoms with E-state index in [4.69, 9.17) is 20.6 Å². The number of amides is 2. The summed E-state index contributed by atoms with van der Waals surface area (Å²) in [6.07, 6.45) is 0.235. The number of carbonyl (C=O) groups is 3. The largest absolute Gasteiger partial charge is 0.492 e. The average Bonchev–Trinajstić information content (AvgIpc) is 3.25. The van der Waals surface area contributed by atoms with Crippen molar-refractivity contribution in [3.05, 3.63) is 90.0 Å². The molecule has 0 aromatic heterocycles. The van der Waals surface area contributed by atoms with Crippen molar-refractivity contribution >= 4 is 23.6 Å². The molecule has 2 amide bonds. The summed E-state index contributed by atoms with van der Waals surface area (Å²) in [5.74, 6) is -0.514. The number of nitrogens with one attached hydrogen (secondary N) is 2. The van der Waals surface area contributed by atoms with Crippen LogP contribution in [-0.4, -0.2) is 55.3 Å². The second-order valence-corrected chi connectivity index (χ2v) is 9.58. The van der Waals surface area contributed by atoms with Gasteiger partial charge >= 0.3 is 5.97 Å². The Morgan fingerprint density at radius 3 is 2.26 bits per heavy atom. The molecule has 1 saturated heterocycles. The number of nitrogen functional groups attached to an aromatic ring is 1. The van der Waals surface area contributed by atoms with E-state index in [-0.39, 0.29) is 37.2 Å². The molecule has 0 spiro atoms. The van der Waals surface area contributed by atoms with E-state index in [1.807, 2.05) is 54.6 Å². The minimum Gasteiger partial charge on any atom is -0.492 e. The minimum absolute atomic E-state index is 0.0130. The minimum atomic E-state index is -1.12. The first-order chi connectivity index (χ1) is 18.8. The van der Waals surface area contributed by atoms with E-state index in [0.29, 0.717) is 30.8 Å². The van der Waals surface area contributed by atoms with Crippen LogP contribution in [-0.2, 0) is 25.7 Å². The fraction of sp³-hybridized carbons (Fsp3) is 0.267. The number of methoxy groups -OCH3 is 1. The van der Waals surface area contributed by atoms with E-state index in [9.17, 15) is 14.4 Å². The molecule has 1 fully saturated rings. The van der Waals surface area contributed by atoms with Crippen LogP contribution in [0, 0.1) is 10.8 Å². The van der Waals surface area contributed by atoms with Crippen molar-refractivity contribution < 1.29 is 23.9 Å². The predicted octanol–water partition coefficient (Wildman–Crippen LogP) is 3.11. The summed E-state index contributed by atoms with van der Waals surface area (Å²) < 4.78 is 10.9. The first kappa shape index (κ1) is 27.4. The maximum Gasteiger partial charge on any atom is 0.306 e. The first-order valence-electron chi connectivity index (χ1n) is 12.6. The molecule has 0 aliphatic carbocycles. The smallest absolute Gasteiger partial charge is 0.306 e. The zero-order valence-corrected chi connectivity index (χ0v) is 21.8. The van der Waals surface area contributed by atoms with E-state index in [1.54, 1.807) is 24.3 Å². The molecule has 4 N–H and O–H groups in total. The number of hydrogen-bond acceptors (Lipinski definition) is 6. The second-order valence-electron chi connectivity index (χ2n) is 9.58. The average molecular weight is 529 g/mol. The van der Waals surface area contributed by atoms with Crippen LogP contribution in [0.3, 0.4) is 0 Å². The molecule has 202 valence electrons. The Bertz CT molecular complexity index is 1330. The summed E-state index contributed by atoms with van der Waals surface area (Å²) in [5, 5.41) is 10.4. The van der Waals surface area contributed by atoms with Gasteiger partial charge in [-0.1, -0.05) is 66.7 Å². The van der Waals surface area contributed by atoms with E-state index in [1.165, 1.54) is 12.0 Å². The fourth-order valence-corrected chi connectivity index (χ4v) is 4.57. The predicted molar refractivity (Wildman–Crippen MR) is 147 cm³/mol. The Labute approximate surface area is 227 Å². The first-order valence-corrected chi connectivity index (χ1v) is 12.6. The Balaban J connectivity index is 1.39. The molecule has 0 radical (unpaired) electrons. The van der Waals surface area contributed by atoms with Crippen LogP contribution in [0.25, 0.3) is 11.1 Å². The Morgan fingerprint density at radius 2 is 1.64 bits per heavy atom. The molecule has 1 unspecified atom stereocenters. The molecule has 1 heterocycles. The van der Waals surface area contributed by atoms with Gasteiger partial charge in [-0.25, -0.2) is 0 Å². The Morgan fingerprint density at radius 1 is 1.00 bits per heavy atom. The van der Waals surface area contributed by atoms with Crippen molar-refractivity contribution in [1.29, 1.82) is 5.41 Å². The van der Waals surface area contributed by atoms with Crippen LogP contribution >= 0.6 is 0 Å². The number of likely N-dealkylation sites (tertiary alicyclic amines) is 1. The van der Waals surface area contributed by atoms with Gasteiger partial charge in [0.15, 0.2) is 0 Å². The van der Waals surface area contributed by atoms with Crippen molar-refractivity contribution in [2.45, 2.75) is 19.4 Å². The lowest BCUT2D eigenvalue weighted by Gasteiger charge is -2.27. The Hall–Kier alpha value is -4.66. The van der Waals surface area contributed by atoms with E-state index in [2.05, 4.69) is 5.32 Å². The zero-order chi connectivity index (χ0) is 27.8. The molecule has 39 heavy (non-hydrogen) atoms. The Kier molecular flexibility index (Phi) is 8.60. The molecule has 9 heteroatoms. The highest BCUT2D eigenvalue weighted by atomic mass is 16.5. The third-order valence-electron chi connectivity index (χ3n) is 6.88. The van der Waals surface area contributed by atoms with Crippen molar-refractivity contribution in [1.82, 2.24) is 10.2 Å². The van der Waals surface area contributed by atoms with Crippen molar-refractivity contribution in [2.24, 2.45) is 11.1 Å². The summed E-state index contributed by atoms with van der Waals surface area (Å²) in [7, 11) is 1.28. The normalized spacial score (nSPS) is 16.5. The highest BCUT2D eigenvalue weighted by molar-refractivity contribution is 5.95. The van der Waals surface area contributed by atoms with E-state index < -0.39 is 11.4 Å². The maximum absolute atomic E-state index is 13.5. The monoisotopic (exact) mass is 528 g/mol. The number of esters is 1. The summed E-state index contributed by atoms with van der Waals surface area (Å²) >= 11 is 0. The third kappa shape index (κ3) is 6.81. The van der Waals surface area contributed by atoms with Crippen LogP contribution in [0.15, 0.2) is 78.9 Å². The van der Waals surface area contributed by atoms with Gasteiger partial charge in [0.1, 0.15) is 18.2 Å². The molecule has 0 bridgehead atoms. The van der Waals surface area contributed by atoms with Gasteiger partial charge in [-0.15, -0.1) is 0 Å². The highest BCUT2D eigenvalue weighted by Crippen LogP contribution is 2.37. The molecule has 4 rings (SSSR count). The second kappa shape index (κ2) is 12.3. The highest BCUT2D eigenvalue weighted by Gasteiger charge is 2.49. The molecular formula is C30H32N4O5. The van der Waals surface area contributed by atoms with Gasteiger partial charge in [0, 0.05) is 18.7 Å². The molecule has 1 atom stereocenters. The molecule has 3 aromatic carbocycles. The number of hydrogen-bond donors (Lipinski definition) is 3. The van der Waals surface area contributed by atoms with E-state index in [0.717, 1.165) is 16.7 Å². The number of nitrogens with two attached hydrogens (primary N) is 1. The number of benzene rings is 3. The number of rotatable bonds is 11. The molecule has 1 aliphatic rings. The standard InChI is InChI=1S/C30H32N4O5/c1-38-27(36)17-30(15-16-34(29(30)37)19-26(35)33-18-21-5-3-2-4-6-21)20-39-25-13-11-23(12-14-25)22-7-9-24(10-8-22)28(31)32/h2-14H,15-20H2,1H3,(H3,31,32)(H,33,35). The lowest BCUT2D eigenvalue weighted by atomic mass is 9.83. The van der Waals surface area contributed by atoms with Crippen LogP contribution in [0.4, 0.5) is 0 Å². The maximum atomic E-state index is 13.5. The molecular weight excluding hydrogens is 496 g/mol. The molecule has 1 aliphatic heterocycles. The van der Waals surface area contributed by atoms with Gasteiger partial charge in [-0.05, 0) is 35.2 Å². The molecule has 3 aromatic rings. The summed E-state index contributed by atoms with van der Waals surface area (Å²) in [6.45, 7) is 0.601. The third-order valence-corrected chi connectivity index (χ3v) is 6.88. The topological polar surface area (TPSA) is 135 Å². The number of amidine groups is 1. The quantitative estimate of drug-likeness (QED) is 0.199. The number of carbonyl (C=O) groups excluding carboxylic acids is 3. The van der Waals surface area contributed by atoms with Gasteiger partial charge < -0.3 is 25.4 Å². The molecule has 0 saturated carbocycles. The molecule has 9 nitrogen and oxygen atoms in total. The SMILES string of the molecule is COC(=O)CC1(COc2ccc(-c3ccc(C(=N)N)cc3)cc2)CCN(CC(=O)NCc2ccccc2)C1=O. The lowest BCUT2D eigenvalue weighted by molar-refractivity contribution is -0.150. The van der Waals surface area contributed by atoms with Gasteiger partial charge in [0.25, 0.3) is 0 Å². The van der Waals surface area contributed by atoms with Crippen LogP contribution < -0.4 is 15.8 Å². The van der Waals surface area contributed by atoms with E-state index >= 15 is 0 Å². The van der Waals surface area contributed by atoms with Crippen LogP contribution in [0.2, 0.25) is 0 Å². The van der Waals surface area contributed by atoms with Crippen molar-refractivity contribution in [2.75, 3.05) is 26.8 Å². The fourth-order valence-electron chi connectivity index (χ4n) is 4.57. The zero-order valence-electron chi connectivity index (χ0n) is 21.8. The summed E-state index contributed by atoms with van der Waals surface area (Å²) in [5.41, 5.74) is 7.93. The number of ether oxygens (including phenoxy) is 2. The van der Waals surface area contributed by atoms with Crippen LogP contribution in [0.5, 0.6) is 5.75 Å². The van der Waals surface area contributed by atoms with Crippen molar-refractivity contribution in [3.63, 3.8) is 0 Å². The van der Waals surface area contributed by atoms with Gasteiger partial charge in [0.05, 0.1) is 25.5 Å². The van der Waals surface area contributed by atoms with Gasteiger partial charge in [-0.2, -0.15) is 0 Å².